The Labute approximate surface area is 237 Å². The molecule has 3 unspecified atom stereocenters. The molecule has 2 aromatic carbocycles. The minimum Gasteiger partial charge on any atom is -0.510 e. The first-order chi connectivity index (χ1) is 19.5. The zero-order chi connectivity index (χ0) is 29.3. The maximum absolute atomic E-state index is 13.8. The molecule has 3 aromatic rings. The number of nitrogens with one attached hydrogen (secondary N) is 1. The first-order valence-electron chi connectivity index (χ1n) is 12.8. The van der Waals surface area contributed by atoms with Crippen LogP contribution in [0.4, 0.5) is 10.8 Å². The molecule has 0 bridgehead atoms. The number of amides is 1. The monoisotopic (exact) mass is 574 g/mol. The summed E-state index contributed by atoms with van der Waals surface area (Å²) < 4.78 is 0. The third-order valence-electron chi connectivity index (χ3n) is 8.34. The van der Waals surface area contributed by atoms with E-state index in [0.29, 0.717) is 10.7 Å². The van der Waals surface area contributed by atoms with Gasteiger partial charge < -0.3 is 37.2 Å². The second kappa shape index (κ2) is 9.54. The number of hydrogen-bond donors (Lipinski definition) is 7. The van der Waals surface area contributed by atoms with Crippen LogP contribution in [0, 0.1) is 17.8 Å². The number of phenolic OH excluding ortho intramolecular Hbond substituents is 1. The van der Waals surface area contributed by atoms with Crippen LogP contribution in [0.5, 0.6) is 5.75 Å². The lowest BCUT2D eigenvalue weighted by molar-refractivity contribution is -0.141. The molecule has 0 spiro atoms. The quantitative estimate of drug-likeness (QED) is 0.138. The predicted octanol–water partition coefficient (Wildman–Crippen LogP) is 2.65. The third kappa shape index (κ3) is 3.86. The fraction of sp³-hybridized carbons (Fsp3) is 0.241. The number of benzene rings is 2. The number of hydrogen-bond acceptors (Lipinski definition) is 11. The number of ketones is 2. The summed E-state index contributed by atoms with van der Waals surface area (Å²) in [5, 5.41) is 50.0. The Bertz CT molecular complexity index is 1700. The number of aromatic hydroxyl groups is 1. The summed E-state index contributed by atoms with van der Waals surface area (Å²) in [6.45, 7) is 1.72. The lowest BCUT2D eigenvalue weighted by Crippen LogP contribution is -2.60. The number of aliphatic hydroxyl groups is 3. The average molecular weight is 575 g/mol. The molecule has 1 heterocycles. The van der Waals surface area contributed by atoms with Gasteiger partial charge in [0.2, 0.25) is 0 Å². The van der Waals surface area contributed by atoms with E-state index in [1.54, 1.807) is 19.1 Å². The van der Waals surface area contributed by atoms with Gasteiger partial charge in [-0.3, -0.25) is 14.4 Å². The number of phenols is 1. The van der Waals surface area contributed by atoms with Gasteiger partial charge in [-0.15, -0.1) is 11.3 Å². The Morgan fingerprint density at radius 1 is 1.05 bits per heavy atom. The lowest BCUT2D eigenvalue weighted by atomic mass is 9.56. The Kier molecular flexibility index (Phi) is 6.21. The largest absolute Gasteiger partial charge is 0.510 e. The van der Waals surface area contributed by atoms with E-state index in [4.69, 9.17) is 11.5 Å². The summed E-state index contributed by atoms with van der Waals surface area (Å²) in [4.78, 5) is 43.4. The van der Waals surface area contributed by atoms with Crippen molar-refractivity contribution in [2.75, 3.05) is 5.32 Å². The second-order valence-electron chi connectivity index (χ2n) is 10.5. The van der Waals surface area contributed by atoms with Crippen molar-refractivity contribution in [3.8, 4) is 17.0 Å². The van der Waals surface area contributed by atoms with Gasteiger partial charge in [0.25, 0.3) is 5.91 Å². The lowest BCUT2D eigenvalue weighted by Gasteiger charge is -2.48. The molecular formula is C29H26N4O7S. The number of fused-ring (bicyclic) bond motifs is 3. The maximum Gasteiger partial charge on any atom is 0.255 e. The number of rotatable bonds is 4. The Hall–Kier alpha value is -4.52. The number of aromatic nitrogens is 1. The van der Waals surface area contributed by atoms with Gasteiger partial charge in [-0.25, -0.2) is 4.98 Å². The predicted molar refractivity (Wildman–Crippen MR) is 150 cm³/mol. The second-order valence-corrected chi connectivity index (χ2v) is 11.3. The van der Waals surface area contributed by atoms with Crippen molar-refractivity contribution < 1.29 is 34.8 Å². The topological polar surface area (TPSA) is 209 Å². The molecule has 1 saturated carbocycles. The normalized spacial score (nSPS) is 27.3. The van der Waals surface area contributed by atoms with Crippen LogP contribution in [0.25, 0.3) is 17.0 Å². The summed E-state index contributed by atoms with van der Waals surface area (Å²) in [7, 11) is 0. The highest BCUT2D eigenvalue weighted by molar-refractivity contribution is 7.14. The molecule has 1 fully saturated rings. The van der Waals surface area contributed by atoms with Gasteiger partial charge in [-0.1, -0.05) is 43.3 Å². The van der Waals surface area contributed by atoms with Gasteiger partial charge in [-0.05, 0) is 17.5 Å². The summed E-state index contributed by atoms with van der Waals surface area (Å²) in [5.41, 5.74) is 12.7. The SMILES string of the molecule is C[C@H]1c2ccc(Nc3nc(-c4ccccc4)cs3)c(O)c2C(O)=C2C(=O)C3C(=O)C(C(N)=O)=C(O)[C@@H](N)C3[C@@H](O)C21. The first kappa shape index (κ1) is 26.7. The standard InChI is InChI=1S/C29H26N4O7S/c1-10-12-7-8-13(32-29-33-14(9-41-29)11-5-3-2-4-6-11)22(34)16(12)24(36)18-15(10)23(35)17-19(25(18)37)26(38)20(28(31)40)27(39)21(17)30/h2-10,15,17,19,21,23,34-36,39H,30H2,1H3,(H2,31,40)(H,32,33)/t10-,15?,17?,19?,21-,23-/m0/s1. The number of aliphatic hydroxyl groups excluding tert-OH is 3. The Morgan fingerprint density at radius 2 is 1.76 bits per heavy atom. The van der Waals surface area contributed by atoms with Crippen molar-refractivity contribution in [1.29, 1.82) is 0 Å². The van der Waals surface area contributed by atoms with Crippen LogP contribution in [0.15, 0.2) is 64.8 Å². The number of anilines is 2. The molecule has 210 valence electrons. The zero-order valence-electron chi connectivity index (χ0n) is 21.6. The van der Waals surface area contributed by atoms with E-state index in [1.807, 2.05) is 35.7 Å². The van der Waals surface area contributed by atoms with Gasteiger partial charge in [0, 0.05) is 28.4 Å². The van der Waals surface area contributed by atoms with Gasteiger partial charge in [0.05, 0.1) is 35.0 Å². The third-order valence-corrected chi connectivity index (χ3v) is 9.09. The van der Waals surface area contributed by atoms with Gasteiger partial charge in [0.1, 0.15) is 22.8 Å². The molecule has 11 nitrogen and oxygen atoms in total. The molecule has 0 radical (unpaired) electrons. The van der Waals surface area contributed by atoms with Crippen LogP contribution >= 0.6 is 11.3 Å². The fourth-order valence-electron chi connectivity index (χ4n) is 6.38. The molecule has 6 rings (SSSR count). The van der Waals surface area contributed by atoms with Gasteiger partial charge in [-0.2, -0.15) is 0 Å². The van der Waals surface area contributed by atoms with E-state index in [-0.39, 0.29) is 22.6 Å². The number of primary amides is 1. The number of carbonyl (C=O) groups excluding carboxylic acids is 3. The van der Waals surface area contributed by atoms with Gasteiger partial charge >= 0.3 is 0 Å². The molecule has 3 aliphatic rings. The van der Waals surface area contributed by atoms with Crippen LogP contribution in [0.3, 0.4) is 0 Å². The van der Waals surface area contributed by atoms with E-state index in [2.05, 4.69) is 10.3 Å². The highest BCUT2D eigenvalue weighted by Gasteiger charge is 2.59. The van der Waals surface area contributed by atoms with Crippen molar-refractivity contribution in [2.45, 2.75) is 25.0 Å². The zero-order valence-corrected chi connectivity index (χ0v) is 22.4. The molecule has 1 aromatic heterocycles. The van der Waals surface area contributed by atoms with E-state index >= 15 is 0 Å². The molecule has 0 saturated heterocycles. The Morgan fingerprint density at radius 3 is 2.44 bits per heavy atom. The Balaban J connectivity index is 1.41. The van der Waals surface area contributed by atoms with E-state index in [9.17, 15) is 34.8 Å². The summed E-state index contributed by atoms with van der Waals surface area (Å²) >= 11 is 1.31. The van der Waals surface area contributed by atoms with E-state index in [1.165, 1.54) is 11.3 Å². The van der Waals surface area contributed by atoms with Gasteiger partial charge in [0.15, 0.2) is 16.7 Å². The summed E-state index contributed by atoms with van der Waals surface area (Å²) in [6, 6.07) is 11.4. The number of nitrogens with two attached hydrogens (primary N) is 2. The fourth-order valence-corrected chi connectivity index (χ4v) is 7.11. The van der Waals surface area contributed by atoms with Crippen molar-refractivity contribution in [2.24, 2.45) is 29.2 Å². The highest BCUT2D eigenvalue weighted by Crippen LogP contribution is 2.54. The van der Waals surface area contributed by atoms with Crippen LogP contribution in [0.1, 0.15) is 24.0 Å². The molecule has 41 heavy (non-hydrogen) atoms. The van der Waals surface area contributed by atoms with Crippen LogP contribution < -0.4 is 16.8 Å². The number of Topliss-reactive ketones (excluding diaryl/α,β-unsaturated/α-hetero) is 2. The minimum atomic E-state index is -1.64. The summed E-state index contributed by atoms with van der Waals surface area (Å²) in [6.07, 6.45) is -1.44. The number of thiazole rings is 1. The molecule has 1 amide bonds. The minimum absolute atomic E-state index is 0.0198. The van der Waals surface area contributed by atoms with E-state index < -0.39 is 70.4 Å². The molecular weight excluding hydrogens is 548 g/mol. The first-order valence-corrected chi connectivity index (χ1v) is 13.7. The van der Waals surface area contributed by atoms with Crippen LogP contribution in [-0.2, 0) is 14.4 Å². The van der Waals surface area contributed by atoms with Crippen molar-refractivity contribution in [1.82, 2.24) is 4.98 Å². The molecule has 9 N–H and O–H groups in total. The van der Waals surface area contributed by atoms with Crippen LogP contribution in [0.2, 0.25) is 0 Å². The van der Waals surface area contributed by atoms with Crippen molar-refractivity contribution >= 4 is 45.4 Å². The molecule has 0 aliphatic heterocycles. The molecule has 3 aliphatic carbocycles. The summed E-state index contributed by atoms with van der Waals surface area (Å²) in [5.74, 6) is -9.37. The average Bonchev–Trinajstić information content (AvgIpc) is 3.41. The number of nitrogens with zero attached hydrogens (tertiary/aromatic N) is 1. The van der Waals surface area contributed by atoms with Crippen molar-refractivity contribution in [3.63, 3.8) is 0 Å². The van der Waals surface area contributed by atoms with Crippen molar-refractivity contribution in [3.05, 3.63) is 75.9 Å². The smallest absolute Gasteiger partial charge is 0.255 e. The van der Waals surface area contributed by atoms with E-state index in [0.717, 1.165) is 11.3 Å². The highest BCUT2D eigenvalue weighted by atomic mass is 32.1. The molecule has 6 atom stereocenters. The molecule has 12 heteroatoms. The maximum atomic E-state index is 13.8. The number of carbonyl (C=O) groups is 3. The van der Waals surface area contributed by atoms with Crippen LogP contribution in [-0.4, -0.2) is 55.0 Å².